The van der Waals surface area contributed by atoms with Gasteiger partial charge in [0.2, 0.25) is 0 Å². The Labute approximate surface area is 123 Å². The summed E-state index contributed by atoms with van der Waals surface area (Å²) in [6.45, 7) is 0.181. The summed E-state index contributed by atoms with van der Waals surface area (Å²) >= 11 is 9.07. The van der Waals surface area contributed by atoms with Crippen LogP contribution in [0, 0.1) is 5.82 Å². The van der Waals surface area contributed by atoms with E-state index in [-0.39, 0.29) is 28.8 Å². The lowest BCUT2D eigenvalue weighted by atomic mass is 10.2. The molecule has 100 valence electrons. The fraction of sp³-hybridized carbons (Fsp3) is 0.0769. The molecule has 0 unspecified atom stereocenters. The van der Waals surface area contributed by atoms with E-state index in [0.717, 1.165) is 10.0 Å². The second-order valence-electron chi connectivity index (χ2n) is 3.93. The van der Waals surface area contributed by atoms with Gasteiger partial charge in [-0.1, -0.05) is 39.7 Å². The van der Waals surface area contributed by atoms with Crippen LogP contribution >= 0.6 is 27.5 Å². The lowest BCUT2D eigenvalue weighted by molar-refractivity contribution is 0.292. The molecule has 2 aromatic carbocycles. The van der Waals surface area contributed by atoms with Gasteiger partial charge in [-0.05, 0) is 23.8 Å². The molecule has 0 aliphatic carbocycles. The zero-order valence-corrected chi connectivity index (χ0v) is 12.1. The van der Waals surface area contributed by atoms with Gasteiger partial charge in [-0.3, -0.25) is 0 Å². The maximum Gasteiger partial charge on any atom is 0.187 e. The van der Waals surface area contributed by atoms with Crippen molar-refractivity contribution in [3.05, 3.63) is 51.2 Å². The number of benzene rings is 2. The van der Waals surface area contributed by atoms with Gasteiger partial charge in [0.1, 0.15) is 11.6 Å². The second-order valence-corrected chi connectivity index (χ2v) is 5.22. The van der Waals surface area contributed by atoms with Crippen LogP contribution in [-0.2, 0) is 6.61 Å². The van der Waals surface area contributed by atoms with Crippen LogP contribution in [0.2, 0.25) is 5.02 Å². The minimum Gasteiger partial charge on any atom is -0.484 e. The normalized spacial score (nSPS) is 10.5. The van der Waals surface area contributed by atoms with Gasteiger partial charge in [0.15, 0.2) is 11.6 Å². The van der Waals surface area contributed by atoms with Crippen LogP contribution < -0.4 is 16.2 Å². The number of ether oxygens (including phenoxy) is 1. The Morgan fingerprint density at radius 1 is 1.21 bits per heavy atom. The molecule has 3 nitrogen and oxygen atoms in total. The van der Waals surface area contributed by atoms with Gasteiger partial charge in [0, 0.05) is 4.47 Å². The van der Waals surface area contributed by atoms with Crippen LogP contribution in [0.25, 0.3) is 0 Å². The molecule has 0 fully saturated rings. The Balaban J connectivity index is 2.23. The molecule has 0 bridgehead atoms. The summed E-state index contributed by atoms with van der Waals surface area (Å²) in [6.07, 6.45) is 0. The molecule has 0 radical (unpaired) electrons. The van der Waals surface area contributed by atoms with Crippen molar-refractivity contribution in [1.82, 2.24) is 0 Å². The molecule has 6 heteroatoms. The van der Waals surface area contributed by atoms with Crippen molar-refractivity contribution in [2.75, 3.05) is 11.5 Å². The summed E-state index contributed by atoms with van der Waals surface area (Å²) in [4.78, 5) is 0. The number of anilines is 2. The van der Waals surface area contributed by atoms with Crippen LogP contribution in [0.15, 0.2) is 34.8 Å². The number of hydrogen-bond acceptors (Lipinski definition) is 3. The molecular weight excluding hydrogens is 335 g/mol. The standard InChI is InChI=1S/C13H11BrClFN2O/c14-8-3-1-2-7(4-8)6-19-13-10(18)5-9(17)11(15)12(13)16/h1-5H,6,17-18H2. The van der Waals surface area contributed by atoms with E-state index in [4.69, 9.17) is 27.8 Å². The monoisotopic (exact) mass is 344 g/mol. The molecule has 4 N–H and O–H groups in total. The Bertz CT molecular complexity index is 622. The van der Waals surface area contributed by atoms with Crippen LogP contribution in [0.3, 0.4) is 0 Å². The number of rotatable bonds is 3. The van der Waals surface area contributed by atoms with E-state index in [1.54, 1.807) is 0 Å². The van der Waals surface area contributed by atoms with Crippen molar-refractivity contribution in [3.8, 4) is 5.75 Å². The van der Waals surface area contributed by atoms with Crippen LogP contribution in [0.4, 0.5) is 15.8 Å². The van der Waals surface area contributed by atoms with E-state index in [9.17, 15) is 4.39 Å². The summed E-state index contributed by atoms with van der Waals surface area (Å²) in [5, 5.41) is -0.182. The number of nitrogens with two attached hydrogens (primary N) is 2. The summed E-state index contributed by atoms with van der Waals surface area (Å²) < 4.78 is 20.2. The zero-order valence-electron chi connectivity index (χ0n) is 9.79. The molecule has 0 saturated carbocycles. The molecule has 19 heavy (non-hydrogen) atoms. The smallest absolute Gasteiger partial charge is 0.187 e. The lowest BCUT2D eigenvalue weighted by Crippen LogP contribution is -2.03. The molecule has 0 saturated heterocycles. The average Bonchev–Trinajstić information content (AvgIpc) is 2.36. The van der Waals surface area contributed by atoms with Gasteiger partial charge in [-0.25, -0.2) is 4.39 Å². The topological polar surface area (TPSA) is 61.3 Å². The number of halogens is 3. The van der Waals surface area contributed by atoms with E-state index in [1.165, 1.54) is 6.07 Å². The molecule has 0 aliphatic heterocycles. The van der Waals surface area contributed by atoms with Crippen molar-refractivity contribution >= 4 is 38.9 Å². The lowest BCUT2D eigenvalue weighted by Gasteiger charge is -2.12. The highest BCUT2D eigenvalue weighted by molar-refractivity contribution is 9.10. The fourth-order valence-corrected chi connectivity index (χ4v) is 2.17. The number of nitrogen functional groups attached to an aromatic ring is 2. The Hall–Kier alpha value is -1.46. The first-order chi connectivity index (χ1) is 8.99. The average molecular weight is 346 g/mol. The zero-order chi connectivity index (χ0) is 14.0. The molecule has 2 aromatic rings. The minimum absolute atomic E-state index is 0.0841. The third-order valence-electron chi connectivity index (χ3n) is 2.49. The van der Waals surface area contributed by atoms with E-state index in [2.05, 4.69) is 15.9 Å². The van der Waals surface area contributed by atoms with Crippen LogP contribution in [0.1, 0.15) is 5.56 Å². The predicted octanol–water partition coefficient (Wildman–Crippen LogP) is 3.99. The van der Waals surface area contributed by atoms with Crippen molar-refractivity contribution < 1.29 is 9.13 Å². The molecule has 0 aliphatic rings. The fourth-order valence-electron chi connectivity index (χ4n) is 1.58. The summed E-state index contributed by atoms with van der Waals surface area (Å²) in [7, 11) is 0. The Morgan fingerprint density at radius 3 is 2.63 bits per heavy atom. The first kappa shape index (κ1) is 14.0. The third kappa shape index (κ3) is 3.11. The first-order valence-electron chi connectivity index (χ1n) is 5.39. The van der Waals surface area contributed by atoms with Gasteiger partial charge in [-0.15, -0.1) is 0 Å². The van der Waals surface area contributed by atoms with E-state index in [0.29, 0.717) is 0 Å². The largest absolute Gasteiger partial charge is 0.484 e. The predicted molar refractivity (Wildman–Crippen MR) is 78.7 cm³/mol. The van der Waals surface area contributed by atoms with Gasteiger partial charge in [0.25, 0.3) is 0 Å². The van der Waals surface area contributed by atoms with Gasteiger partial charge in [-0.2, -0.15) is 0 Å². The third-order valence-corrected chi connectivity index (χ3v) is 3.37. The Morgan fingerprint density at radius 2 is 1.95 bits per heavy atom. The SMILES string of the molecule is Nc1cc(N)c(OCc2cccc(Br)c2)c(F)c1Cl. The molecule has 0 heterocycles. The van der Waals surface area contributed by atoms with Crippen molar-refractivity contribution in [1.29, 1.82) is 0 Å². The first-order valence-corrected chi connectivity index (χ1v) is 6.56. The highest BCUT2D eigenvalue weighted by Crippen LogP contribution is 2.35. The van der Waals surface area contributed by atoms with Gasteiger partial charge >= 0.3 is 0 Å². The molecule has 0 atom stereocenters. The maximum atomic E-state index is 13.9. The van der Waals surface area contributed by atoms with Crippen molar-refractivity contribution in [3.63, 3.8) is 0 Å². The van der Waals surface area contributed by atoms with Crippen LogP contribution in [0.5, 0.6) is 5.75 Å². The summed E-state index contributed by atoms with van der Waals surface area (Å²) in [5.41, 5.74) is 12.3. The molecule has 0 spiro atoms. The second kappa shape index (κ2) is 5.67. The molecule has 0 amide bonds. The highest BCUT2D eigenvalue weighted by Gasteiger charge is 2.15. The van der Waals surface area contributed by atoms with Gasteiger partial charge in [0.05, 0.1) is 11.4 Å². The molecular formula is C13H11BrClFN2O. The highest BCUT2D eigenvalue weighted by atomic mass is 79.9. The van der Waals surface area contributed by atoms with E-state index in [1.807, 2.05) is 24.3 Å². The quantitative estimate of drug-likeness (QED) is 0.827. The van der Waals surface area contributed by atoms with E-state index >= 15 is 0 Å². The van der Waals surface area contributed by atoms with Gasteiger partial charge < -0.3 is 16.2 Å². The van der Waals surface area contributed by atoms with Crippen molar-refractivity contribution in [2.45, 2.75) is 6.61 Å². The van der Waals surface area contributed by atoms with E-state index < -0.39 is 5.82 Å². The summed E-state index contributed by atoms with van der Waals surface area (Å²) in [6, 6.07) is 8.85. The summed E-state index contributed by atoms with van der Waals surface area (Å²) in [5.74, 6) is -0.826. The number of hydrogen-bond donors (Lipinski definition) is 2. The maximum absolute atomic E-state index is 13.9. The molecule has 0 aromatic heterocycles. The minimum atomic E-state index is -0.742. The van der Waals surface area contributed by atoms with Crippen molar-refractivity contribution in [2.24, 2.45) is 0 Å². The molecule has 2 rings (SSSR count). The Kier molecular flexibility index (Phi) is 4.17. The van der Waals surface area contributed by atoms with Crippen LogP contribution in [-0.4, -0.2) is 0 Å².